The lowest BCUT2D eigenvalue weighted by Crippen LogP contribution is -2.16. The standard InChI is InChI=1S/C21H17N9O2/c1-22-15-4-2-14(3-5-15)19-17(20-24-9-10-25-20)13-28-21(29-19)26-11-8-23-18-7-6-16(12-27-18)30(31)32/h2-7,9-10,12-13H,8,11H2,(H,23,27)(H,24,25)(H,26,28,29). The summed E-state index contributed by atoms with van der Waals surface area (Å²) in [6, 6.07) is 10.1. The minimum Gasteiger partial charge on any atom is -0.368 e. The van der Waals surface area contributed by atoms with E-state index >= 15 is 0 Å². The van der Waals surface area contributed by atoms with Crippen molar-refractivity contribution >= 4 is 23.1 Å². The third-order valence-corrected chi connectivity index (χ3v) is 4.48. The van der Waals surface area contributed by atoms with Crippen LogP contribution in [0.1, 0.15) is 0 Å². The van der Waals surface area contributed by atoms with Gasteiger partial charge >= 0.3 is 0 Å². The number of hydrogen-bond acceptors (Lipinski definition) is 8. The lowest BCUT2D eigenvalue weighted by atomic mass is 10.1. The molecule has 158 valence electrons. The van der Waals surface area contributed by atoms with Crippen LogP contribution in [0, 0.1) is 16.7 Å². The summed E-state index contributed by atoms with van der Waals surface area (Å²) < 4.78 is 0. The van der Waals surface area contributed by atoms with Gasteiger partial charge in [-0.2, -0.15) is 0 Å². The second kappa shape index (κ2) is 9.31. The second-order valence-electron chi connectivity index (χ2n) is 6.56. The molecular weight excluding hydrogens is 410 g/mol. The Bertz CT molecular complexity index is 1250. The first-order valence-corrected chi connectivity index (χ1v) is 9.57. The molecule has 0 atom stereocenters. The van der Waals surface area contributed by atoms with Gasteiger partial charge in [-0.3, -0.25) is 10.1 Å². The van der Waals surface area contributed by atoms with E-state index in [4.69, 9.17) is 6.57 Å². The first kappa shape index (κ1) is 20.4. The van der Waals surface area contributed by atoms with E-state index in [1.165, 1.54) is 12.3 Å². The van der Waals surface area contributed by atoms with Crippen LogP contribution in [-0.2, 0) is 0 Å². The molecule has 4 aromatic rings. The molecule has 0 saturated heterocycles. The quantitative estimate of drug-likeness (QED) is 0.166. The van der Waals surface area contributed by atoms with E-state index in [2.05, 4.69) is 40.4 Å². The van der Waals surface area contributed by atoms with E-state index in [-0.39, 0.29) is 5.69 Å². The van der Waals surface area contributed by atoms with Crippen LogP contribution in [0.5, 0.6) is 0 Å². The highest BCUT2D eigenvalue weighted by atomic mass is 16.6. The Hall–Kier alpha value is -4.85. The molecule has 3 heterocycles. The van der Waals surface area contributed by atoms with E-state index < -0.39 is 4.92 Å². The number of imidazole rings is 1. The average Bonchev–Trinajstić information content (AvgIpc) is 3.37. The van der Waals surface area contributed by atoms with Gasteiger partial charge in [0.1, 0.15) is 17.8 Å². The number of nitro groups is 1. The zero-order chi connectivity index (χ0) is 22.3. The predicted molar refractivity (Wildman–Crippen MR) is 119 cm³/mol. The van der Waals surface area contributed by atoms with Crippen molar-refractivity contribution in [3.8, 4) is 22.6 Å². The number of anilines is 2. The van der Waals surface area contributed by atoms with Gasteiger partial charge in [0, 0.05) is 37.7 Å². The predicted octanol–water partition coefficient (Wildman–Crippen LogP) is 3.91. The largest absolute Gasteiger partial charge is 0.368 e. The maximum Gasteiger partial charge on any atom is 0.287 e. The van der Waals surface area contributed by atoms with Gasteiger partial charge in [0.05, 0.1) is 22.8 Å². The van der Waals surface area contributed by atoms with Crippen molar-refractivity contribution in [2.75, 3.05) is 23.7 Å². The Kier molecular flexibility index (Phi) is 5.94. The van der Waals surface area contributed by atoms with Gasteiger partial charge in [-0.25, -0.2) is 24.8 Å². The summed E-state index contributed by atoms with van der Waals surface area (Å²) in [6.45, 7) is 8.13. The first-order valence-electron chi connectivity index (χ1n) is 9.57. The van der Waals surface area contributed by atoms with E-state index in [0.717, 1.165) is 11.1 Å². The van der Waals surface area contributed by atoms with Crippen molar-refractivity contribution in [3.05, 3.63) is 82.7 Å². The van der Waals surface area contributed by atoms with Crippen LogP contribution in [-0.4, -0.2) is 42.9 Å². The minimum atomic E-state index is -0.491. The lowest BCUT2D eigenvalue weighted by molar-refractivity contribution is -0.385. The highest BCUT2D eigenvalue weighted by molar-refractivity contribution is 5.78. The smallest absolute Gasteiger partial charge is 0.287 e. The van der Waals surface area contributed by atoms with E-state index in [1.54, 1.807) is 36.8 Å². The number of aromatic amines is 1. The van der Waals surface area contributed by atoms with Gasteiger partial charge in [-0.15, -0.1) is 0 Å². The maximum atomic E-state index is 10.7. The summed E-state index contributed by atoms with van der Waals surface area (Å²) in [7, 11) is 0. The molecule has 11 nitrogen and oxygen atoms in total. The Morgan fingerprint density at radius 2 is 1.84 bits per heavy atom. The third-order valence-electron chi connectivity index (χ3n) is 4.48. The maximum absolute atomic E-state index is 10.7. The van der Waals surface area contributed by atoms with Gasteiger partial charge < -0.3 is 15.6 Å². The SMILES string of the molecule is [C-]#[N+]c1ccc(-c2nc(NCCNc3ccc([N+](=O)[O-])cn3)ncc2-c2ncc[nH]2)cc1. The van der Waals surface area contributed by atoms with Crippen molar-refractivity contribution in [2.24, 2.45) is 0 Å². The Balaban J connectivity index is 1.47. The summed E-state index contributed by atoms with van der Waals surface area (Å²) in [5.41, 5.74) is 2.74. The number of nitrogens with one attached hydrogen (secondary N) is 3. The number of rotatable bonds is 8. The molecule has 4 rings (SSSR count). The lowest BCUT2D eigenvalue weighted by Gasteiger charge is -2.11. The first-order chi connectivity index (χ1) is 15.6. The number of benzene rings is 1. The second-order valence-corrected chi connectivity index (χ2v) is 6.56. The van der Waals surface area contributed by atoms with E-state index in [1.807, 2.05) is 12.1 Å². The van der Waals surface area contributed by atoms with Crippen LogP contribution < -0.4 is 10.6 Å². The molecule has 3 N–H and O–H groups in total. The van der Waals surface area contributed by atoms with Crippen LogP contribution in [0.15, 0.2) is 61.2 Å². The molecule has 0 amide bonds. The van der Waals surface area contributed by atoms with Crippen LogP contribution in [0.25, 0.3) is 27.5 Å². The van der Waals surface area contributed by atoms with Crippen LogP contribution in [0.3, 0.4) is 0 Å². The van der Waals surface area contributed by atoms with Crippen molar-refractivity contribution in [2.45, 2.75) is 0 Å². The molecular formula is C21H17N9O2. The average molecular weight is 427 g/mol. The molecule has 0 radical (unpaired) electrons. The zero-order valence-corrected chi connectivity index (χ0v) is 16.7. The molecule has 0 bridgehead atoms. The number of aromatic nitrogens is 5. The monoisotopic (exact) mass is 427 g/mol. The molecule has 3 aromatic heterocycles. The number of H-pyrrole nitrogens is 1. The normalized spacial score (nSPS) is 10.3. The van der Waals surface area contributed by atoms with Gasteiger partial charge in [0.25, 0.3) is 5.69 Å². The summed E-state index contributed by atoms with van der Waals surface area (Å²) in [5.74, 6) is 1.61. The molecule has 32 heavy (non-hydrogen) atoms. The summed E-state index contributed by atoms with van der Waals surface area (Å²) in [6.07, 6.45) is 6.28. The minimum absolute atomic E-state index is 0.0596. The number of nitrogens with zero attached hydrogens (tertiary/aromatic N) is 6. The van der Waals surface area contributed by atoms with Gasteiger partial charge in [0.15, 0.2) is 5.69 Å². The third kappa shape index (κ3) is 4.65. The molecule has 0 spiro atoms. The fourth-order valence-corrected chi connectivity index (χ4v) is 2.93. The van der Waals surface area contributed by atoms with Crippen LogP contribution in [0.4, 0.5) is 23.1 Å². The van der Waals surface area contributed by atoms with Crippen LogP contribution in [0.2, 0.25) is 0 Å². The van der Waals surface area contributed by atoms with Crippen molar-refractivity contribution in [1.82, 2.24) is 24.9 Å². The zero-order valence-electron chi connectivity index (χ0n) is 16.7. The number of pyridine rings is 1. The highest BCUT2D eigenvalue weighted by Gasteiger charge is 2.13. The summed E-state index contributed by atoms with van der Waals surface area (Å²) in [4.78, 5) is 34.0. The molecule has 0 saturated carbocycles. The van der Waals surface area contributed by atoms with Gasteiger partial charge in [-0.05, 0) is 11.6 Å². The van der Waals surface area contributed by atoms with Crippen molar-refractivity contribution in [1.29, 1.82) is 0 Å². The fourth-order valence-electron chi connectivity index (χ4n) is 2.93. The topological polar surface area (TPSA) is 139 Å². The molecule has 11 heteroatoms. The fraction of sp³-hybridized carbons (Fsp3) is 0.0952. The number of hydrogen-bond donors (Lipinski definition) is 3. The molecule has 0 aliphatic carbocycles. The Morgan fingerprint density at radius 3 is 2.50 bits per heavy atom. The van der Waals surface area contributed by atoms with Gasteiger partial charge in [0.2, 0.25) is 5.95 Å². The van der Waals surface area contributed by atoms with E-state index in [0.29, 0.717) is 42.1 Å². The van der Waals surface area contributed by atoms with Crippen molar-refractivity contribution in [3.63, 3.8) is 0 Å². The Morgan fingerprint density at radius 1 is 1.03 bits per heavy atom. The molecule has 0 aliphatic heterocycles. The van der Waals surface area contributed by atoms with Crippen molar-refractivity contribution < 1.29 is 4.92 Å². The summed E-state index contributed by atoms with van der Waals surface area (Å²) >= 11 is 0. The molecule has 0 fully saturated rings. The molecule has 1 aromatic carbocycles. The molecule has 0 unspecified atom stereocenters. The summed E-state index contributed by atoms with van der Waals surface area (Å²) in [5, 5.41) is 16.9. The molecule has 0 aliphatic rings. The highest BCUT2D eigenvalue weighted by Crippen LogP contribution is 2.30. The van der Waals surface area contributed by atoms with Crippen LogP contribution >= 0.6 is 0 Å². The van der Waals surface area contributed by atoms with Gasteiger partial charge in [-0.1, -0.05) is 24.3 Å². The Labute approximate surface area is 182 Å². The van der Waals surface area contributed by atoms with E-state index in [9.17, 15) is 10.1 Å².